The molecule has 3 heteroatoms. The van der Waals surface area contributed by atoms with Gasteiger partial charge in [-0.25, -0.2) is 9.78 Å². The SMILES string of the molecule is C1OOC2CC1CC1OC21. The Kier molecular flexibility index (Phi) is 0.952. The lowest BCUT2D eigenvalue weighted by molar-refractivity contribution is -0.361. The molecule has 3 fully saturated rings. The summed E-state index contributed by atoms with van der Waals surface area (Å²) in [4.78, 5) is 10.0. The summed E-state index contributed by atoms with van der Waals surface area (Å²) < 4.78 is 5.39. The zero-order valence-electron chi connectivity index (χ0n) is 5.66. The summed E-state index contributed by atoms with van der Waals surface area (Å²) in [5.41, 5.74) is 0. The Labute approximate surface area is 59.2 Å². The summed E-state index contributed by atoms with van der Waals surface area (Å²) >= 11 is 0. The molecule has 2 heterocycles. The minimum atomic E-state index is 0.248. The fourth-order valence-electron chi connectivity index (χ4n) is 2.01. The van der Waals surface area contributed by atoms with Crippen LogP contribution in [-0.2, 0) is 14.5 Å². The zero-order chi connectivity index (χ0) is 6.55. The topological polar surface area (TPSA) is 31.0 Å². The fraction of sp³-hybridized carbons (Fsp3) is 1.00. The molecule has 10 heavy (non-hydrogen) atoms. The summed E-state index contributed by atoms with van der Waals surface area (Å²) in [6.45, 7) is 0.767. The third-order valence-corrected chi connectivity index (χ3v) is 2.61. The van der Waals surface area contributed by atoms with E-state index in [0.29, 0.717) is 18.1 Å². The minimum Gasteiger partial charge on any atom is -0.367 e. The second kappa shape index (κ2) is 1.72. The Balaban J connectivity index is 1.82. The van der Waals surface area contributed by atoms with Gasteiger partial charge < -0.3 is 4.74 Å². The number of hydrogen-bond acceptors (Lipinski definition) is 3. The van der Waals surface area contributed by atoms with Crippen LogP contribution in [0.5, 0.6) is 0 Å². The molecule has 0 aromatic carbocycles. The Morgan fingerprint density at radius 1 is 1.10 bits per heavy atom. The van der Waals surface area contributed by atoms with E-state index in [4.69, 9.17) is 14.5 Å². The highest BCUT2D eigenvalue weighted by atomic mass is 17.2. The van der Waals surface area contributed by atoms with Crippen LogP contribution in [0.2, 0.25) is 0 Å². The molecule has 2 aliphatic heterocycles. The van der Waals surface area contributed by atoms with Crippen molar-refractivity contribution in [3.8, 4) is 0 Å². The predicted molar refractivity (Wildman–Crippen MR) is 32.2 cm³/mol. The molecule has 4 unspecified atom stereocenters. The predicted octanol–water partition coefficient (Wildman–Crippen LogP) is 0.494. The highest BCUT2D eigenvalue weighted by Crippen LogP contribution is 2.43. The lowest BCUT2D eigenvalue weighted by Crippen LogP contribution is -2.37. The van der Waals surface area contributed by atoms with E-state index in [1.165, 1.54) is 6.42 Å². The lowest BCUT2D eigenvalue weighted by atomic mass is 9.87. The van der Waals surface area contributed by atoms with Gasteiger partial charge in [0.15, 0.2) is 0 Å². The van der Waals surface area contributed by atoms with Crippen LogP contribution in [0.4, 0.5) is 0 Å². The van der Waals surface area contributed by atoms with Crippen LogP contribution < -0.4 is 0 Å². The molecule has 0 radical (unpaired) electrons. The van der Waals surface area contributed by atoms with Crippen LogP contribution in [0.25, 0.3) is 0 Å². The van der Waals surface area contributed by atoms with Gasteiger partial charge in [-0.15, -0.1) is 0 Å². The van der Waals surface area contributed by atoms with Gasteiger partial charge in [-0.05, 0) is 18.8 Å². The average molecular weight is 142 g/mol. The first-order chi connectivity index (χ1) is 4.93. The van der Waals surface area contributed by atoms with Gasteiger partial charge in [0.25, 0.3) is 0 Å². The summed E-state index contributed by atoms with van der Waals surface area (Å²) in [5, 5.41) is 0. The monoisotopic (exact) mass is 142 g/mol. The smallest absolute Gasteiger partial charge is 0.122 e. The van der Waals surface area contributed by atoms with Gasteiger partial charge in [0.05, 0.1) is 12.7 Å². The highest BCUT2D eigenvalue weighted by molar-refractivity contribution is 4.98. The second-order valence-corrected chi connectivity index (χ2v) is 3.40. The van der Waals surface area contributed by atoms with Gasteiger partial charge in [0.2, 0.25) is 0 Å². The molecule has 0 N–H and O–H groups in total. The molecule has 3 aliphatic rings. The summed E-state index contributed by atoms with van der Waals surface area (Å²) in [6, 6.07) is 0. The maximum Gasteiger partial charge on any atom is 0.122 e. The maximum atomic E-state index is 5.39. The first-order valence-corrected chi connectivity index (χ1v) is 3.87. The quantitative estimate of drug-likeness (QED) is 0.364. The summed E-state index contributed by atoms with van der Waals surface area (Å²) in [7, 11) is 0. The second-order valence-electron chi connectivity index (χ2n) is 3.40. The van der Waals surface area contributed by atoms with E-state index in [2.05, 4.69) is 0 Å². The van der Waals surface area contributed by atoms with Crippen LogP contribution in [0, 0.1) is 5.92 Å². The van der Waals surface area contributed by atoms with E-state index in [9.17, 15) is 0 Å². The van der Waals surface area contributed by atoms with Crippen LogP contribution in [-0.4, -0.2) is 24.9 Å². The van der Waals surface area contributed by atoms with Gasteiger partial charge in [-0.3, -0.25) is 0 Å². The van der Waals surface area contributed by atoms with Crippen molar-refractivity contribution in [1.29, 1.82) is 0 Å². The third kappa shape index (κ3) is 0.654. The summed E-state index contributed by atoms with van der Waals surface area (Å²) in [5.74, 6) is 0.697. The molecule has 0 spiro atoms. The van der Waals surface area contributed by atoms with Crippen LogP contribution >= 0.6 is 0 Å². The lowest BCUT2D eigenvalue weighted by Gasteiger charge is -2.29. The molecule has 4 atom stereocenters. The molecular formula is C7H10O3. The Hall–Kier alpha value is -0.120. The van der Waals surface area contributed by atoms with Gasteiger partial charge in [0.1, 0.15) is 12.2 Å². The number of hydrogen-bond donors (Lipinski definition) is 0. The molecule has 0 aromatic heterocycles. The first kappa shape index (κ1) is 5.52. The number of fused-ring (bicyclic) bond motifs is 4. The van der Waals surface area contributed by atoms with E-state index < -0.39 is 0 Å². The van der Waals surface area contributed by atoms with Crippen molar-refractivity contribution in [1.82, 2.24) is 0 Å². The normalized spacial score (nSPS) is 57.6. The zero-order valence-corrected chi connectivity index (χ0v) is 5.66. The molecule has 1 saturated carbocycles. The highest BCUT2D eigenvalue weighted by Gasteiger charge is 2.53. The molecule has 0 amide bonds. The van der Waals surface area contributed by atoms with E-state index >= 15 is 0 Å². The molecule has 0 aromatic rings. The third-order valence-electron chi connectivity index (χ3n) is 2.61. The van der Waals surface area contributed by atoms with Crippen LogP contribution in [0.1, 0.15) is 12.8 Å². The Morgan fingerprint density at radius 3 is 3.00 bits per heavy atom. The van der Waals surface area contributed by atoms with Gasteiger partial charge in [-0.2, -0.15) is 0 Å². The molecular weight excluding hydrogens is 132 g/mol. The minimum absolute atomic E-state index is 0.248. The van der Waals surface area contributed by atoms with Crippen molar-refractivity contribution in [2.45, 2.75) is 31.2 Å². The molecule has 56 valence electrons. The van der Waals surface area contributed by atoms with E-state index in [1.54, 1.807) is 0 Å². The van der Waals surface area contributed by atoms with E-state index in [1.807, 2.05) is 0 Å². The van der Waals surface area contributed by atoms with Crippen molar-refractivity contribution < 1.29 is 14.5 Å². The largest absolute Gasteiger partial charge is 0.367 e. The average Bonchev–Trinajstić information content (AvgIpc) is 2.68. The standard InChI is InChI=1S/C7H10O3/c1-4-2-6(10-8-3-4)7-5(1)9-7/h4-7H,1-3H2. The summed E-state index contributed by atoms with van der Waals surface area (Å²) in [6.07, 6.45) is 3.45. The number of ether oxygens (including phenoxy) is 1. The molecule has 2 bridgehead atoms. The fourth-order valence-corrected chi connectivity index (χ4v) is 2.01. The van der Waals surface area contributed by atoms with Crippen molar-refractivity contribution in [2.24, 2.45) is 5.92 Å². The van der Waals surface area contributed by atoms with E-state index in [-0.39, 0.29) is 6.10 Å². The number of rotatable bonds is 0. The van der Waals surface area contributed by atoms with Gasteiger partial charge in [0, 0.05) is 0 Å². The molecule has 2 saturated heterocycles. The van der Waals surface area contributed by atoms with Crippen molar-refractivity contribution in [3.63, 3.8) is 0 Å². The van der Waals surface area contributed by atoms with Crippen molar-refractivity contribution >= 4 is 0 Å². The van der Waals surface area contributed by atoms with Crippen LogP contribution in [0.15, 0.2) is 0 Å². The van der Waals surface area contributed by atoms with Crippen molar-refractivity contribution in [2.75, 3.05) is 6.61 Å². The van der Waals surface area contributed by atoms with Crippen LogP contribution in [0.3, 0.4) is 0 Å². The Bertz CT molecular complexity index is 159. The maximum absolute atomic E-state index is 5.39. The number of epoxide rings is 1. The van der Waals surface area contributed by atoms with E-state index in [0.717, 1.165) is 13.0 Å². The molecule has 3 rings (SSSR count). The molecule has 3 nitrogen and oxygen atoms in total. The van der Waals surface area contributed by atoms with Crippen molar-refractivity contribution in [3.05, 3.63) is 0 Å². The first-order valence-electron chi connectivity index (χ1n) is 3.87. The van der Waals surface area contributed by atoms with Gasteiger partial charge in [-0.1, -0.05) is 0 Å². The van der Waals surface area contributed by atoms with Gasteiger partial charge >= 0.3 is 0 Å². The Morgan fingerprint density at radius 2 is 2.00 bits per heavy atom. The molecule has 1 aliphatic carbocycles.